The Morgan fingerprint density at radius 3 is 2.69 bits per heavy atom. The Bertz CT molecular complexity index is 1140. The van der Waals surface area contributed by atoms with Crippen molar-refractivity contribution in [1.82, 2.24) is 14.5 Å². The Morgan fingerprint density at radius 2 is 2.03 bits per heavy atom. The second-order valence-electron chi connectivity index (χ2n) is 6.35. The number of halogens is 1. The Hall–Kier alpha value is -3.26. The van der Waals surface area contributed by atoms with Crippen LogP contribution in [0.4, 0.5) is 5.82 Å². The summed E-state index contributed by atoms with van der Waals surface area (Å²) < 4.78 is 6.84. The van der Waals surface area contributed by atoms with Crippen LogP contribution in [-0.2, 0) is 16.1 Å². The number of benzene rings is 1. The van der Waals surface area contributed by atoms with Crippen molar-refractivity contribution in [2.45, 2.75) is 33.4 Å². The Morgan fingerprint density at radius 1 is 1.28 bits per heavy atom. The van der Waals surface area contributed by atoms with Crippen LogP contribution in [0.25, 0.3) is 11.0 Å². The van der Waals surface area contributed by atoms with Gasteiger partial charge in [0.25, 0.3) is 11.5 Å². The summed E-state index contributed by atoms with van der Waals surface area (Å²) in [5.41, 5.74) is 1.53. The fourth-order valence-electron chi connectivity index (χ4n) is 2.78. The molecule has 0 spiro atoms. The molecule has 1 aromatic carbocycles. The Balaban J connectivity index is 1.76. The molecule has 1 atom stereocenters. The Kier molecular flexibility index (Phi) is 5.93. The smallest absolute Gasteiger partial charge is 0.338 e. The van der Waals surface area contributed by atoms with Gasteiger partial charge in [-0.1, -0.05) is 11.6 Å². The lowest BCUT2D eigenvalue weighted by Crippen LogP contribution is -2.30. The van der Waals surface area contributed by atoms with Gasteiger partial charge < -0.3 is 14.6 Å². The van der Waals surface area contributed by atoms with E-state index in [4.69, 9.17) is 16.3 Å². The molecule has 0 saturated heterocycles. The number of amides is 1. The predicted molar refractivity (Wildman–Crippen MR) is 109 cm³/mol. The molecule has 150 valence electrons. The number of ether oxygens (including phenoxy) is 1. The van der Waals surface area contributed by atoms with E-state index in [9.17, 15) is 14.4 Å². The summed E-state index contributed by atoms with van der Waals surface area (Å²) in [5, 5.41) is 2.99. The summed E-state index contributed by atoms with van der Waals surface area (Å²) in [6.07, 6.45) is 0.350. The van der Waals surface area contributed by atoms with Gasteiger partial charge in [0, 0.05) is 12.7 Å². The third kappa shape index (κ3) is 4.43. The molecule has 0 fully saturated rings. The highest BCUT2D eigenvalue weighted by atomic mass is 35.5. The minimum atomic E-state index is -1.05. The largest absolute Gasteiger partial charge is 0.449 e. The minimum absolute atomic E-state index is 0.170. The first kappa shape index (κ1) is 20.5. The van der Waals surface area contributed by atoms with Crippen LogP contribution in [0.2, 0.25) is 5.02 Å². The molecule has 0 bridgehead atoms. The van der Waals surface area contributed by atoms with Gasteiger partial charge in [-0.2, -0.15) is 0 Å². The van der Waals surface area contributed by atoms with Gasteiger partial charge in [0.1, 0.15) is 11.5 Å². The first-order chi connectivity index (χ1) is 13.8. The monoisotopic (exact) mass is 414 g/mol. The fraction of sp³-hybridized carbons (Fsp3) is 0.250. The maximum atomic E-state index is 12.5. The molecule has 3 rings (SSSR count). The van der Waals surface area contributed by atoms with Crippen molar-refractivity contribution in [2.24, 2.45) is 0 Å². The molecule has 0 aliphatic carbocycles. The molecule has 1 amide bonds. The second-order valence-corrected chi connectivity index (χ2v) is 6.78. The number of hydrogen-bond acceptors (Lipinski definition) is 6. The molecule has 9 heteroatoms. The highest BCUT2D eigenvalue weighted by Gasteiger charge is 2.20. The van der Waals surface area contributed by atoms with Gasteiger partial charge in [-0.15, -0.1) is 0 Å². The number of carbonyl (C=O) groups is 2. The average Bonchev–Trinajstić information content (AvgIpc) is 2.70. The first-order valence-corrected chi connectivity index (χ1v) is 9.32. The molecule has 2 heterocycles. The van der Waals surface area contributed by atoms with Crippen LogP contribution in [0, 0.1) is 6.92 Å². The van der Waals surface area contributed by atoms with Crippen LogP contribution >= 0.6 is 11.6 Å². The van der Waals surface area contributed by atoms with Crippen LogP contribution in [0.3, 0.4) is 0 Å². The molecule has 2 aromatic heterocycles. The number of nitrogens with one attached hydrogen (secondary N) is 1. The average molecular weight is 415 g/mol. The summed E-state index contributed by atoms with van der Waals surface area (Å²) >= 11 is 5.76. The van der Waals surface area contributed by atoms with Gasteiger partial charge in [-0.05, 0) is 51.1 Å². The van der Waals surface area contributed by atoms with E-state index in [1.54, 1.807) is 41.8 Å². The van der Waals surface area contributed by atoms with Gasteiger partial charge in [0.15, 0.2) is 6.10 Å². The topological polar surface area (TPSA) is 103 Å². The van der Waals surface area contributed by atoms with Gasteiger partial charge in [0.05, 0.1) is 21.6 Å². The number of aryl methyl sites for hydroxylation is 2. The van der Waals surface area contributed by atoms with Crippen molar-refractivity contribution in [3.63, 3.8) is 0 Å². The minimum Gasteiger partial charge on any atom is -0.449 e. The van der Waals surface area contributed by atoms with Gasteiger partial charge in [0.2, 0.25) is 0 Å². The number of nitrogens with zero attached hydrogens (tertiary/aromatic N) is 3. The zero-order valence-corrected chi connectivity index (χ0v) is 16.9. The van der Waals surface area contributed by atoms with Gasteiger partial charge in [-0.3, -0.25) is 9.59 Å². The van der Waals surface area contributed by atoms with E-state index < -0.39 is 18.0 Å². The lowest BCUT2D eigenvalue weighted by atomic mass is 10.2. The van der Waals surface area contributed by atoms with Crippen LogP contribution in [0.5, 0.6) is 0 Å². The molecule has 29 heavy (non-hydrogen) atoms. The standard InChI is InChI=1S/C20H19ClN4O4/c1-4-25-16-7-5-13(9-15(16)23-11(2)19(25)27)20(28)29-12(3)18(26)24-17-8-6-14(21)10-22-17/h5-10,12H,4H2,1-3H3,(H,22,24,26)/t12-/m1/s1. The SMILES string of the molecule is CCn1c(=O)c(C)nc2cc(C(=O)O[C@H](C)C(=O)Nc3ccc(Cl)cn3)ccc21. The van der Waals surface area contributed by atoms with E-state index in [1.165, 1.54) is 13.1 Å². The summed E-state index contributed by atoms with van der Waals surface area (Å²) in [7, 11) is 0. The van der Waals surface area contributed by atoms with E-state index >= 15 is 0 Å². The maximum Gasteiger partial charge on any atom is 0.338 e. The normalized spacial score (nSPS) is 11.9. The van der Waals surface area contributed by atoms with Crippen molar-refractivity contribution in [3.8, 4) is 0 Å². The number of carbonyl (C=O) groups excluding carboxylic acids is 2. The van der Waals surface area contributed by atoms with Crippen molar-refractivity contribution in [2.75, 3.05) is 5.32 Å². The van der Waals surface area contributed by atoms with Crippen LogP contribution < -0.4 is 10.9 Å². The maximum absolute atomic E-state index is 12.5. The zero-order chi connectivity index (χ0) is 21.1. The number of aromatic nitrogens is 3. The van der Waals surface area contributed by atoms with E-state index in [0.717, 1.165) is 0 Å². The highest BCUT2D eigenvalue weighted by molar-refractivity contribution is 6.30. The summed E-state index contributed by atoms with van der Waals surface area (Å²) in [6.45, 7) is 5.42. The molecule has 0 aliphatic heterocycles. The third-order valence-corrected chi connectivity index (χ3v) is 4.52. The second kappa shape index (κ2) is 8.40. The van der Waals surface area contributed by atoms with Gasteiger partial charge >= 0.3 is 5.97 Å². The molecule has 0 aliphatic rings. The molecule has 0 radical (unpaired) electrons. The van der Waals surface area contributed by atoms with Crippen LogP contribution in [0.1, 0.15) is 29.9 Å². The van der Waals surface area contributed by atoms with E-state index in [0.29, 0.717) is 34.1 Å². The quantitative estimate of drug-likeness (QED) is 0.644. The molecule has 0 unspecified atom stereocenters. The van der Waals surface area contributed by atoms with E-state index in [-0.39, 0.29) is 11.1 Å². The number of rotatable bonds is 5. The van der Waals surface area contributed by atoms with Crippen molar-refractivity contribution < 1.29 is 14.3 Å². The fourth-order valence-corrected chi connectivity index (χ4v) is 2.89. The molecule has 8 nitrogen and oxygen atoms in total. The summed E-state index contributed by atoms with van der Waals surface area (Å²) in [6, 6.07) is 7.85. The molecular formula is C20H19ClN4O4. The number of esters is 1. The summed E-state index contributed by atoms with van der Waals surface area (Å²) in [4.78, 5) is 45.1. The number of hydrogen-bond donors (Lipinski definition) is 1. The first-order valence-electron chi connectivity index (χ1n) is 8.94. The van der Waals surface area contributed by atoms with E-state index in [2.05, 4.69) is 15.3 Å². The molecule has 3 aromatic rings. The van der Waals surface area contributed by atoms with E-state index in [1.807, 2.05) is 6.92 Å². The Labute approximate surface area is 171 Å². The lowest BCUT2D eigenvalue weighted by molar-refractivity contribution is -0.123. The number of anilines is 1. The van der Waals surface area contributed by atoms with Crippen molar-refractivity contribution >= 4 is 40.3 Å². The molecular weight excluding hydrogens is 396 g/mol. The highest BCUT2D eigenvalue weighted by Crippen LogP contribution is 2.15. The van der Waals surface area contributed by atoms with Crippen LogP contribution in [-0.4, -0.2) is 32.5 Å². The third-order valence-electron chi connectivity index (χ3n) is 4.29. The molecule has 1 N–H and O–H groups in total. The van der Waals surface area contributed by atoms with Crippen molar-refractivity contribution in [1.29, 1.82) is 0 Å². The van der Waals surface area contributed by atoms with Gasteiger partial charge in [-0.25, -0.2) is 14.8 Å². The molecule has 0 saturated carbocycles. The number of pyridine rings is 1. The number of fused-ring (bicyclic) bond motifs is 1. The predicted octanol–water partition coefficient (Wildman–Crippen LogP) is 2.96. The van der Waals surface area contributed by atoms with Crippen molar-refractivity contribution in [3.05, 3.63) is 63.2 Å². The van der Waals surface area contributed by atoms with Crippen LogP contribution in [0.15, 0.2) is 41.3 Å². The zero-order valence-electron chi connectivity index (χ0n) is 16.1. The lowest BCUT2D eigenvalue weighted by Gasteiger charge is -2.14. The summed E-state index contributed by atoms with van der Waals surface area (Å²) in [5.74, 6) is -0.903.